The first-order chi connectivity index (χ1) is 12.1. The maximum atomic E-state index is 13.1. The smallest absolute Gasteiger partial charge is 0.328 e. The van der Waals surface area contributed by atoms with Crippen LogP contribution in [-0.4, -0.2) is 10.2 Å². The fraction of sp³-hybridized carbons (Fsp3) is 0.238. The first-order valence-electron chi connectivity index (χ1n) is 8.42. The zero-order valence-electron chi connectivity index (χ0n) is 14.3. The third-order valence-corrected chi connectivity index (χ3v) is 6.23. The van der Waals surface area contributed by atoms with Crippen molar-refractivity contribution in [1.29, 1.82) is 0 Å². The Morgan fingerprint density at radius 2 is 1.64 bits per heavy atom. The first kappa shape index (κ1) is 17.9. The van der Waals surface area contributed by atoms with Gasteiger partial charge in [-0.1, -0.05) is 86.7 Å². The van der Waals surface area contributed by atoms with Gasteiger partial charge in [-0.15, -0.1) is 0 Å². The molecule has 0 saturated carbocycles. The molecule has 1 saturated heterocycles. The third kappa shape index (κ3) is 3.16. The maximum absolute atomic E-state index is 13.1. The van der Waals surface area contributed by atoms with Crippen LogP contribution in [0.1, 0.15) is 37.8 Å². The molecule has 1 fully saturated rings. The molecule has 0 N–H and O–H groups in total. The van der Waals surface area contributed by atoms with Crippen molar-refractivity contribution in [2.24, 2.45) is 0 Å². The van der Waals surface area contributed by atoms with E-state index in [1.54, 1.807) is 0 Å². The molecule has 1 atom stereocenters. The van der Waals surface area contributed by atoms with Crippen LogP contribution in [0.3, 0.4) is 0 Å². The maximum Gasteiger partial charge on any atom is 0.328 e. The van der Waals surface area contributed by atoms with Crippen molar-refractivity contribution in [2.75, 3.05) is 0 Å². The monoisotopic (exact) mass is 368 g/mol. The van der Waals surface area contributed by atoms with Gasteiger partial charge in [-0.25, -0.2) is 0 Å². The number of rotatable bonds is 4. The summed E-state index contributed by atoms with van der Waals surface area (Å²) in [5.74, 6) is -0.276. The largest absolute Gasteiger partial charge is 0.418 e. The zero-order valence-corrected chi connectivity index (χ0v) is 16.0. The summed E-state index contributed by atoms with van der Waals surface area (Å²) in [6.45, 7) is 4.04. The number of benzene rings is 2. The normalized spacial score (nSPS) is 22.5. The van der Waals surface area contributed by atoms with E-state index in [1.807, 2.05) is 67.6 Å². The van der Waals surface area contributed by atoms with Gasteiger partial charge >= 0.3 is 5.97 Å². The van der Waals surface area contributed by atoms with E-state index in [9.17, 15) is 4.79 Å². The lowest BCUT2D eigenvalue weighted by atomic mass is 9.79. The lowest BCUT2D eigenvalue weighted by Crippen LogP contribution is -2.45. The Bertz CT molecular complexity index is 790. The number of thiocarbonyl (C=S) groups is 1. The summed E-state index contributed by atoms with van der Waals surface area (Å²) >= 11 is 7.13. The summed E-state index contributed by atoms with van der Waals surface area (Å²) in [6, 6.07) is 19.7. The van der Waals surface area contributed by atoms with Crippen LogP contribution in [-0.2, 0) is 14.9 Å². The summed E-state index contributed by atoms with van der Waals surface area (Å²) in [7, 11) is 0. The molecule has 0 spiro atoms. The minimum atomic E-state index is -0.861. The van der Waals surface area contributed by atoms with Gasteiger partial charge in [0.15, 0.2) is 5.09 Å². The SMILES string of the molecule is CC/C(=C1\OC(=O)[C@@](CC)(c2ccccc2)C(=S)S1)c1ccccc1. The molecule has 0 aliphatic carbocycles. The molecule has 0 bridgehead atoms. The van der Waals surface area contributed by atoms with E-state index in [0.717, 1.165) is 23.1 Å². The third-order valence-electron chi connectivity index (χ3n) is 4.59. The number of carbonyl (C=O) groups excluding carboxylic acids is 1. The molecular weight excluding hydrogens is 348 g/mol. The van der Waals surface area contributed by atoms with Gasteiger partial charge in [-0.2, -0.15) is 0 Å². The van der Waals surface area contributed by atoms with Gasteiger partial charge in [0, 0.05) is 5.57 Å². The lowest BCUT2D eigenvalue weighted by molar-refractivity contribution is -0.142. The standard InChI is InChI=1S/C21H20O2S2/c1-3-17(15-11-7-5-8-12-15)18-23-19(22)21(4-2,20(24)25-18)16-13-9-6-10-14-16/h5-14H,3-4H2,1-2H3/b18-17-/t21-/m1/s1. The summed E-state index contributed by atoms with van der Waals surface area (Å²) in [4.78, 5) is 13.1. The number of thioether (sulfide) groups is 1. The van der Waals surface area contributed by atoms with Crippen LogP contribution in [0.4, 0.5) is 0 Å². The van der Waals surface area contributed by atoms with Gasteiger partial charge < -0.3 is 4.74 Å². The van der Waals surface area contributed by atoms with Crippen LogP contribution in [0.2, 0.25) is 0 Å². The number of esters is 1. The Morgan fingerprint density at radius 1 is 1.04 bits per heavy atom. The number of allylic oxidation sites excluding steroid dienone is 1. The van der Waals surface area contributed by atoms with Crippen molar-refractivity contribution in [1.82, 2.24) is 0 Å². The minimum Gasteiger partial charge on any atom is -0.418 e. The summed E-state index contributed by atoms with van der Waals surface area (Å²) in [5.41, 5.74) is 2.11. The van der Waals surface area contributed by atoms with Crippen molar-refractivity contribution < 1.29 is 9.53 Å². The van der Waals surface area contributed by atoms with Crippen LogP contribution in [0.25, 0.3) is 5.57 Å². The first-order valence-corrected chi connectivity index (χ1v) is 9.64. The second kappa shape index (κ2) is 7.54. The Morgan fingerprint density at radius 3 is 2.16 bits per heavy atom. The molecule has 0 radical (unpaired) electrons. The molecular formula is C21H20O2S2. The molecule has 128 valence electrons. The molecule has 1 aliphatic rings. The van der Waals surface area contributed by atoms with E-state index < -0.39 is 5.41 Å². The van der Waals surface area contributed by atoms with Crippen molar-refractivity contribution in [3.05, 3.63) is 76.9 Å². The zero-order chi connectivity index (χ0) is 17.9. The molecule has 3 rings (SSSR count). The number of carbonyl (C=O) groups is 1. The highest BCUT2D eigenvalue weighted by Gasteiger charge is 2.49. The van der Waals surface area contributed by atoms with E-state index in [-0.39, 0.29) is 5.97 Å². The molecule has 2 aromatic carbocycles. The van der Waals surface area contributed by atoms with E-state index in [0.29, 0.717) is 15.7 Å². The minimum absolute atomic E-state index is 0.276. The molecule has 2 nitrogen and oxygen atoms in total. The molecule has 25 heavy (non-hydrogen) atoms. The van der Waals surface area contributed by atoms with Gasteiger partial charge in [-0.3, -0.25) is 4.79 Å². The number of hydrogen-bond donors (Lipinski definition) is 0. The van der Waals surface area contributed by atoms with Gasteiger partial charge in [-0.05, 0) is 35.7 Å². The number of hydrogen-bond acceptors (Lipinski definition) is 4. The van der Waals surface area contributed by atoms with E-state index in [4.69, 9.17) is 17.0 Å². The lowest BCUT2D eigenvalue weighted by Gasteiger charge is -2.36. The van der Waals surface area contributed by atoms with Crippen molar-refractivity contribution in [3.8, 4) is 0 Å². The molecule has 1 aliphatic heterocycles. The molecule has 0 aromatic heterocycles. The van der Waals surface area contributed by atoms with Crippen molar-refractivity contribution in [2.45, 2.75) is 32.1 Å². The van der Waals surface area contributed by atoms with Gasteiger partial charge in [0.05, 0.1) is 4.20 Å². The van der Waals surface area contributed by atoms with Crippen LogP contribution >= 0.6 is 24.0 Å². The molecule has 2 aromatic rings. The van der Waals surface area contributed by atoms with Crippen molar-refractivity contribution in [3.63, 3.8) is 0 Å². The quantitative estimate of drug-likeness (QED) is 0.508. The van der Waals surface area contributed by atoms with Crippen LogP contribution in [0.15, 0.2) is 65.8 Å². The Hall–Kier alpha value is -1.91. The Balaban J connectivity index is 2.04. The van der Waals surface area contributed by atoms with E-state index in [1.165, 1.54) is 11.8 Å². The summed E-state index contributed by atoms with van der Waals surface area (Å²) in [6.07, 6.45) is 1.36. The van der Waals surface area contributed by atoms with Gasteiger partial charge in [0.2, 0.25) is 0 Å². The number of cyclic esters (lactones) is 1. The van der Waals surface area contributed by atoms with E-state index in [2.05, 4.69) is 6.92 Å². The highest BCUT2D eigenvalue weighted by Crippen LogP contribution is 2.46. The average molecular weight is 369 g/mol. The molecule has 0 amide bonds. The van der Waals surface area contributed by atoms with Crippen LogP contribution < -0.4 is 0 Å². The Kier molecular flexibility index (Phi) is 5.40. The average Bonchev–Trinajstić information content (AvgIpc) is 2.64. The highest BCUT2D eigenvalue weighted by molar-refractivity contribution is 8.26. The summed E-state index contributed by atoms with van der Waals surface area (Å²) < 4.78 is 6.50. The molecule has 4 heteroatoms. The molecule has 1 heterocycles. The Labute approximate surface area is 158 Å². The van der Waals surface area contributed by atoms with E-state index >= 15 is 0 Å². The summed E-state index contributed by atoms with van der Waals surface area (Å²) in [5, 5.41) is 0.615. The second-order valence-electron chi connectivity index (χ2n) is 5.89. The fourth-order valence-corrected chi connectivity index (χ4v) is 4.89. The van der Waals surface area contributed by atoms with Crippen LogP contribution in [0, 0.1) is 0 Å². The predicted octanol–water partition coefficient (Wildman–Crippen LogP) is 5.73. The molecule has 0 unspecified atom stereocenters. The highest BCUT2D eigenvalue weighted by atomic mass is 32.2. The topological polar surface area (TPSA) is 26.3 Å². The second-order valence-corrected chi connectivity index (χ2v) is 7.54. The van der Waals surface area contributed by atoms with Crippen LogP contribution in [0.5, 0.6) is 0 Å². The van der Waals surface area contributed by atoms with Gasteiger partial charge in [0.25, 0.3) is 0 Å². The van der Waals surface area contributed by atoms with Crippen molar-refractivity contribution >= 4 is 39.7 Å². The number of ether oxygens (including phenoxy) is 1. The van der Waals surface area contributed by atoms with Gasteiger partial charge in [0.1, 0.15) is 5.41 Å². The predicted molar refractivity (Wildman–Crippen MR) is 108 cm³/mol. The fourth-order valence-electron chi connectivity index (χ4n) is 3.13.